The number of likely N-dealkylation sites (tertiary alicyclic amines) is 1. The van der Waals surface area contributed by atoms with Crippen LogP contribution < -0.4 is 5.32 Å². The van der Waals surface area contributed by atoms with Gasteiger partial charge in [0.2, 0.25) is 5.91 Å². The minimum absolute atomic E-state index is 0.146. The molecule has 2 fully saturated rings. The maximum atomic E-state index is 12.8. The Balaban J connectivity index is 1.61. The van der Waals surface area contributed by atoms with Crippen LogP contribution >= 0.6 is 0 Å². The molecule has 2 aliphatic heterocycles. The van der Waals surface area contributed by atoms with E-state index in [2.05, 4.69) is 12.2 Å². The molecule has 6 nitrogen and oxygen atoms in total. The van der Waals surface area contributed by atoms with Crippen molar-refractivity contribution in [2.24, 2.45) is 5.92 Å². The van der Waals surface area contributed by atoms with Gasteiger partial charge >= 0.3 is 6.03 Å². The zero-order valence-electron chi connectivity index (χ0n) is 15.5. The Morgan fingerprint density at radius 1 is 1.27 bits per heavy atom. The van der Waals surface area contributed by atoms with Crippen molar-refractivity contribution < 1.29 is 14.4 Å². The summed E-state index contributed by atoms with van der Waals surface area (Å²) in [5.41, 5.74) is 0.162. The Bertz CT molecular complexity index is 691. The Labute approximate surface area is 154 Å². The van der Waals surface area contributed by atoms with Crippen molar-refractivity contribution in [2.45, 2.75) is 45.1 Å². The first-order valence-corrected chi connectivity index (χ1v) is 9.35. The highest BCUT2D eigenvalue weighted by Crippen LogP contribution is 2.24. The number of imide groups is 1. The number of piperidine rings is 1. The summed E-state index contributed by atoms with van der Waals surface area (Å²) in [7, 11) is 0. The molecule has 140 valence electrons. The van der Waals surface area contributed by atoms with Gasteiger partial charge in [0.25, 0.3) is 5.91 Å². The maximum absolute atomic E-state index is 12.8. The summed E-state index contributed by atoms with van der Waals surface area (Å²) in [6.07, 6.45) is 3.29. The summed E-state index contributed by atoms with van der Waals surface area (Å²) in [6, 6.07) is 9.40. The van der Waals surface area contributed by atoms with Crippen molar-refractivity contribution in [1.29, 1.82) is 0 Å². The van der Waals surface area contributed by atoms with Crippen LogP contribution in [-0.4, -0.2) is 52.8 Å². The molecule has 26 heavy (non-hydrogen) atoms. The van der Waals surface area contributed by atoms with E-state index in [0.717, 1.165) is 23.3 Å². The highest BCUT2D eigenvalue weighted by Gasteiger charge is 2.48. The Kier molecular flexibility index (Phi) is 5.30. The van der Waals surface area contributed by atoms with Crippen molar-refractivity contribution in [3.05, 3.63) is 35.9 Å². The van der Waals surface area contributed by atoms with E-state index in [-0.39, 0.29) is 18.4 Å². The van der Waals surface area contributed by atoms with Gasteiger partial charge in [-0.05, 0) is 44.1 Å². The zero-order chi connectivity index (χ0) is 18.7. The molecule has 1 aromatic carbocycles. The molecule has 2 heterocycles. The molecule has 2 saturated heterocycles. The normalized spacial score (nSPS) is 26.2. The fourth-order valence-corrected chi connectivity index (χ4v) is 3.75. The molecule has 0 unspecified atom stereocenters. The van der Waals surface area contributed by atoms with Gasteiger partial charge in [0.15, 0.2) is 0 Å². The Morgan fingerprint density at radius 2 is 2.00 bits per heavy atom. The molecule has 1 N–H and O–H groups in total. The van der Waals surface area contributed by atoms with E-state index in [0.29, 0.717) is 31.8 Å². The third kappa shape index (κ3) is 3.89. The van der Waals surface area contributed by atoms with E-state index in [4.69, 9.17) is 0 Å². The lowest BCUT2D eigenvalue weighted by molar-refractivity contribution is -0.139. The molecule has 6 heteroatoms. The molecule has 0 bridgehead atoms. The van der Waals surface area contributed by atoms with E-state index in [1.165, 1.54) is 0 Å². The molecule has 0 radical (unpaired) electrons. The van der Waals surface area contributed by atoms with Crippen LogP contribution in [0.2, 0.25) is 0 Å². The molecule has 1 aromatic rings. The van der Waals surface area contributed by atoms with Crippen molar-refractivity contribution >= 4 is 17.8 Å². The highest BCUT2D eigenvalue weighted by molar-refractivity contribution is 6.08. The fourth-order valence-electron chi connectivity index (χ4n) is 3.75. The van der Waals surface area contributed by atoms with Crippen molar-refractivity contribution in [2.75, 3.05) is 19.6 Å². The van der Waals surface area contributed by atoms with Crippen LogP contribution in [0.15, 0.2) is 30.3 Å². The SMILES string of the molecule is C[C@H]1CCCN(C(=O)CN2C(=O)N[C@](C)(CCc3ccccc3)C2=O)C1. The summed E-state index contributed by atoms with van der Waals surface area (Å²) in [4.78, 5) is 40.5. The van der Waals surface area contributed by atoms with Crippen LogP contribution in [0.3, 0.4) is 0 Å². The van der Waals surface area contributed by atoms with E-state index in [9.17, 15) is 14.4 Å². The lowest BCUT2D eigenvalue weighted by Gasteiger charge is -2.31. The van der Waals surface area contributed by atoms with Gasteiger partial charge in [0.05, 0.1) is 0 Å². The number of nitrogens with one attached hydrogen (secondary N) is 1. The third-order valence-corrected chi connectivity index (χ3v) is 5.40. The van der Waals surface area contributed by atoms with Crippen molar-refractivity contribution in [3.8, 4) is 0 Å². The van der Waals surface area contributed by atoms with E-state index in [1.807, 2.05) is 30.3 Å². The number of hydrogen-bond acceptors (Lipinski definition) is 3. The molecule has 2 aliphatic rings. The maximum Gasteiger partial charge on any atom is 0.325 e. The van der Waals surface area contributed by atoms with Crippen molar-refractivity contribution in [1.82, 2.24) is 15.1 Å². The molecule has 0 saturated carbocycles. The predicted octanol–water partition coefficient (Wildman–Crippen LogP) is 2.19. The lowest BCUT2D eigenvalue weighted by Crippen LogP contribution is -2.47. The van der Waals surface area contributed by atoms with Crippen LogP contribution in [0, 0.1) is 5.92 Å². The predicted molar refractivity (Wildman–Crippen MR) is 98.4 cm³/mol. The first kappa shape index (κ1) is 18.4. The van der Waals surface area contributed by atoms with E-state index >= 15 is 0 Å². The third-order valence-electron chi connectivity index (χ3n) is 5.40. The number of carbonyl (C=O) groups excluding carboxylic acids is 3. The molecular weight excluding hydrogens is 330 g/mol. The minimum Gasteiger partial charge on any atom is -0.341 e. The highest BCUT2D eigenvalue weighted by atomic mass is 16.2. The average molecular weight is 357 g/mol. The topological polar surface area (TPSA) is 69.7 Å². The van der Waals surface area contributed by atoms with Gasteiger partial charge < -0.3 is 10.2 Å². The van der Waals surface area contributed by atoms with Gasteiger partial charge in [-0.1, -0.05) is 37.3 Å². The quantitative estimate of drug-likeness (QED) is 0.821. The molecule has 0 spiro atoms. The Hall–Kier alpha value is -2.37. The summed E-state index contributed by atoms with van der Waals surface area (Å²) < 4.78 is 0. The van der Waals surface area contributed by atoms with E-state index in [1.54, 1.807) is 11.8 Å². The van der Waals surface area contributed by atoms with Crippen LogP contribution in [0.4, 0.5) is 4.79 Å². The van der Waals surface area contributed by atoms with Crippen LogP contribution in [0.1, 0.15) is 38.7 Å². The van der Waals surface area contributed by atoms with Crippen LogP contribution in [-0.2, 0) is 16.0 Å². The van der Waals surface area contributed by atoms with Gasteiger partial charge in [0.1, 0.15) is 12.1 Å². The molecule has 3 rings (SSSR count). The zero-order valence-corrected chi connectivity index (χ0v) is 15.5. The standard InChI is InChI=1S/C20H27N3O3/c1-15-7-6-12-22(13-15)17(24)14-23-18(25)20(2,21-19(23)26)11-10-16-8-4-3-5-9-16/h3-5,8-9,15H,6-7,10-14H2,1-2H3,(H,21,26)/t15-,20+/m0/s1. The molecule has 4 amide bonds. The number of aryl methyl sites for hydroxylation is 1. The molecular formula is C20H27N3O3. The second-order valence-electron chi connectivity index (χ2n) is 7.73. The van der Waals surface area contributed by atoms with E-state index < -0.39 is 11.6 Å². The van der Waals surface area contributed by atoms with Gasteiger partial charge in [-0.15, -0.1) is 0 Å². The van der Waals surface area contributed by atoms with Crippen LogP contribution in [0.5, 0.6) is 0 Å². The summed E-state index contributed by atoms with van der Waals surface area (Å²) in [5.74, 6) is 0.0103. The van der Waals surface area contributed by atoms with Gasteiger partial charge in [-0.25, -0.2) is 4.79 Å². The summed E-state index contributed by atoms with van der Waals surface area (Å²) in [6.45, 7) is 5.10. The van der Waals surface area contributed by atoms with Gasteiger partial charge in [-0.2, -0.15) is 0 Å². The fraction of sp³-hybridized carbons (Fsp3) is 0.550. The second-order valence-corrected chi connectivity index (χ2v) is 7.73. The second kappa shape index (κ2) is 7.48. The number of benzene rings is 1. The number of urea groups is 1. The van der Waals surface area contributed by atoms with Gasteiger partial charge in [0, 0.05) is 13.1 Å². The molecule has 0 aliphatic carbocycles. The lowest BCUT2D eigenvalue weighted by atomic mass is 9.93. The Morgan fingerprint density at radius 3 is 2.69 bits per heavy atom. The first-order chi connectivity index (χ1) is 12.4. The van der Waals surface area contributed by atoms with Crippen LogP contribution in [0.25, 0.3) is 0 Å². The summed E-state index contributed by atoms with van der Waals surface area (Å²) in [5, 5.41) is 2.78. The largest absolute Gasteiger partial charge is 0.341 e. The summed E-state index contributed by atoms with van der Waals surface area (Å²) >= 11 is 0. The molecule has 0 aromatic heterocycles. The smallest absolute Gasteiger partial charge is 0.325 e. The minimum atomic E-state index is -0.956. The molecule has 2 atom stereocenters. The number of rotatable bonds is 5. The number of amides is 4. The number of hydrogen-bond donors (Lipinski definition) is 1. The number of nitrogens with zero attached hydrogens (tertiary/aromatic N) is 2. The van der Waals surface area contributed by atoms with Gasteiger partial charge in [-0.3, -0.25) is 14.5 Å². The first-order valence-electron chi connectivity index (χ1n) is 9.35. The van der Waals surface area contributed by atoms with Crippen molar-refractivity contribution in [3.63, 3.8) is 0 Å². The number of carbonyl (C=O) groups is 3. The monoisotopic (exact) mass is 357 g/mol. The average Bonchev–Trinajstić information content (AvgIpc) is 2.84.